The molecule has 0 heterocycles. The zero-order valence-corrected chi connectivity index (χ0v) is 53.9. The molecule has 0 aliphatic heterocycles. The summed E-state index contributed by atoms with van der Waals surface area (Å²) in [5.74, 6) is -0.917. The van der Waals surface area contributed by atoms with Crippen molar-refractivity contribution in [1.29, 1.82) is 0 Å². The Balaban J connectivity index is 4.39. The lowest BCUT2D eigenvalue weighted by atomic mass is 10.0. The highest BCUT2D eigenvalue weighted by atomic mass is 16.6. The van der Waals surface area contributed by atoms with E-state index in [4.69, 9.17) is 14.2 Å². The zero-order valence-electron chi connectivity index (χ0n) is 53.9. The van der Waals surface area contributed by atoms with E-state index in [0.29, 0.717) is 19.3 Å². The summed E-state index contributed by atoms with van der Waals surface area (Å²) in [4.78, 5) is 38.5. The van der Waals surface area contributed by atoms with Gasteiger partial charge in [0, 0.05) is 19.3 Å². The summed E-state index contributed by atoms with van der Waals surface area (Å²) in [6, 6.07) is 0. The average Bonchev–Trinajstić information content (AvgIpc) is 3.50. The molecule has 0 N–H and O–H groups in total. The Hall–Kier alpha value is -4.71. The molecule has 6 nitrogen and oxygen atoms in total. The van der Waals surface area contributed by atoms with Gasteiger partial charge in [0.1, 0.15) is 13.2 Å². The molecule has 1 atom stereocenters. The molecule has 0 aromatic carbocycles. The van der Waals surface area contributed by atoms with Crippen molar-refractivity contribution >= 4 is 17.9 Å². The lowest BCUT2D eigenvalue weighted by Gasteiger charge is -2.18. The molecule has 0 radical (unpaired) electrons. The van der Waals surface area contributed by atoms with Gasteiger partial charge in [-0.2, -0.15) is 0 Å². The van der Waals surface area contributed by atoms with Gasteiger partial charge in [0.05, 0.1) is 0 Å². The molecule has 83 heavy (non-hydrogen) atoms. The van der Waals surface area contributed by atoms with E-state index in [1.54, 1.807) is 0 Å². The minimum Gasteiger partial charge on any atom is -0.462 e. The van der Waals surface area contributed by atoms with Gasteiger partial charge in [-0.3, -0.25) is 14.4 Å². The van der Waals surface area contributed by atoms with Gasteiger partial charge < -0.3 is 14.2 Å². The van der Waals surface area contributed by atoms with Gasteiger partial charge in [-0.25, -0.2) is 0 Å². The Morgan fingerprint density at radius 1 is 0.241 bits per heavy atom. The SMILES string of the molecule is CC/C=C\C/C=C\C/C=C\C/C=C\C/C=C\CCCCCCCC(=O)OC(COC(=O)CCCCCCCCC/C=C\C/C=C\C/C=C\CC)COC(=O)CCCCCCCCCCCCCCCC/C=C\C/C=C\C/C=C\C/C=C\CC. The second-order valence-electron chi connectivity index (χ2n) is 22.3. The van der Waals surface area contributed by atoms with E-state index in [-0.39, 0.29) is 31.1 Å². The smallest absolute Gasteiger partial charge is 0.306 e. The maximum absolute atomic E-state index is 13.0. The van der Waals surface area contributed by atoms with Gasteiger partial charge in [0.25, 0.3) is 0 Å². The van der Waals surface area contributed by atoms with Crippen LogP contribution in [0.25, 0.3) is 0 Å². The molecular formula is C77H126O6. The average molecular weight is 1150 g/mol. The first-order chi connectivity index (χ1) is 41.0. The highest BCUT2D eigenvalue weighted by molar-refractivity contribution is 5.71. The van der Waals surface area contributed by atoms with Gasteiger partial charge >= 0.3 is 17.9 Å². The van der Waals surface area contributed by atoms with Crippen LogP contribution in [-0.4, -0.2) is 37.2 Å². The number of allylic oxidation sites excluding steroid dienone is 24. The van der Waals surface area contributed by atoms with Crippen LogP contribution < -0.4 is 0 Å². The quantitative estimate of drug-likeness (QED) is 0.0261. The number of rotatable bonds is 61. The number of unbranched alkanes of at least 4 members (excludes halogenated alkanes) is 26. The molecule has 470 valence electrons. The number of hydrogen-bond acceptors (Lipinski definition) is 6. The minimum absolute atomic E-state index is 0.0931. The van der Waals surface area contributed by atoms with Crippen LogP contribution in [0.1, 0.15) is 303 Å². The van der Waals surface area contributed by atoms with Crippen LogP contribution in [0.3, 0.4) is 0 Å². The van der Waals surface area contributed by atoms with E-state index >= 15 is 0 Å². The fraction of sp³-hybridized carbons (Fsp3) is 0.649. The Morgan fingerprint density at radius 3 is 0.675 bits per heavy atom. The molecule has 0 spiro atoms. The molecule has 0 aliphatic carbocycles. The van der Waals surface area contributed by atoms with E-state index in [1.165, 1.54) is 103 Å². The van der Waals surface area contributed by atoms with Crippen molar-refractivity contribution in [1.82, 2.24) is 0 Å². The topological polar surface area (TPSA) is 78.9 Å². The zero-order chi connectivity index (χ0) is 59.9. The van der Waals surface area contributed by atoms with Crippen LogP contribution >= 0.6 is 0 Å². The highest BCUT2D eigenvalue weighted by Gasteiger charge is 2.19. The molecule has 0 saturated heterocycles. The summed E-state index contributed by atoms with van der Waals surface area (Å²) in [7, 11) is 0. The molecule has 6 heteroatoms. The number of esters is 3. The third-order valence-electron chi connectivity index (χ3n) is 14.3. The van der Waals surface area contributed by atoms with Crippen LogP contribution in [0, 0.1) is 0 Å². The summed E-state index contributed by atoms with van der Waals surface area (Å²) < 4.78 is 17.0. The lowest BCUT2D eigenvalue weighted by Crippen LogP contribution is -2.30. The molecule has 0 bridgehead atoms. The summed E-state index contributed by atoms with van der Waals surface area (Å²) >= 11 is 0. The van der Waals surface area contributed by atoms with E-state index in [1.807, 2.05) is 0 Å². The van der Waals surface area contributed by atoms with Crippen molar-refractivity contribution in [2.24, 2.45) is 0 Å². The predicted molar refractivity (Wildman–Crippen MR) is 362 cm³/mol. The number of carbonyl (C=O) groups excluding carboxylic acids is 3. The van der Waals surface area contributed by atoms with Crippen LogP contribution in [0.5, 0.6) is 0 Å². The van der Waals surface area contributed by atoms with Crippen LogP contribution in [-0.2, 0) is 28.6 Å². The van der Waals surface area contributed by atoms with Crippen molar-refractivity contribution in [3.8, 4) is 0 Å². The van der Waals surface area contributed by atoms with Gasteiger partial charge in [-0.15, -0.1) is 0 Å². The number of hydrogen-bond donors (Lipinski definition) is 0. The van der Waals surface area contributed by atoms with Crippen LogP contribution in [0.15, 0.2) is 146 Å². The second kappa shape index (κ2) is 69.8. The molecule has 0 saturated carbocycles. The molecule has 0 aliphatic rings. The largest absolute Gasteiger partial charge is 0.462 e. The molecular weight excluding hydrogens is 1020 g/mol. The third kappa shape index (κ3) is 68.0. The summed E-state index contributed by atoms with van der Waals surface area (Å²) in [5.41, 5.74) is 0. The van der Waals surface area contributed by atoms with Crippen LogP contribution in [0.2, 0.25) is 0 Å². The standard InChI is InChI=1S/C77H126O6/c1-4-7-10-13-16-19-22-25-28-31-33-35-36-37-38-39-40-42-43-46-49-52-55-58-61-64-67-70-76(79)82-73-74(72-81-75(78)69-66-63-60-57-54-51-48-45-30-27-24-21-18-15-12-9-6-3)83-77(80)71-68-65-62-59-56-53-50-47-44-41-34-32-29-26-23-20-17-14-11-8-5-2/h7-12,16-21,25-30,33-35,41,47,50,74H,4-6,13-15,22-24,31-32,36-40,42-46,48-49,51-73H2,1-3H3/b10-7-,11-8-,12-9-,19-16-,20-17-,21-18-,28-25-,29-26-,30-27-,35-33-,41-34-,50-47-. The fourth-order valence-corrected chi connectivity index (χ4v) is 9.30. The van der Waals surface area contributed by atoms with Gasteiger partial charge in [-0.1, -0.05) is 295 Å². The molecule has 0 rings (SSSR count). The first-order valence-electron chi connectivity index (χ1n) is 34.3. The first-order valence-corrected chi connectivity index (χ1v) is 34.3. The summed E-state index contributed by atoms with van der Waals surface area (Å²) in [6.45, 7) is 6.30. The van der Waals surface area contributed by atoms with Gasteiger partial charge in [-0.05, 0) is 135 Å². The fourth-order valence-electron chi connectivity index (χ4n) is 9.30. The number of ether oxygens (including phenoxy) is 3. The lowest BCUT2D eigenvalue weighted by molar-refractivity contribution is -0.167. The predicted octanol–water partition coefficient (Wildman–Crippen LogP) is 23.9. The van der Waals surface area contributed by atoms with Crippen molar-refractivity contribution in [2.75, 3.05) is 13.2 Å². The Labute approximate surface area is 512 Å². The molecule has 0 fully saturated rings. The van der Waals surface area contributed by atoms with Crippen molar-refractivity contribution in [3.05, 3.63) is 146 Å². The Morgan fingerprint density at radius 2 is 0.434 bits per heavy atom. The Kier molecular flexibility index (Phi) is 65.8. The summed E-state index contributed by atoms with van der Waals surface area (Å²) in [6.07, 6.45) is 100. The third-order valence-corrected chi connectivity index (χ3v) is 14.3. The monoisotopic (exact) mass is 1150 g/mol. The molecule has 0 aromatic rings. The van der Waals surface area contributed by atoms with E-state index in [2.05, 4.69) is 167 Å². The van der Waals surface area contributed by atoms with Crippen molar-refractivity contribution in [2.45, 2.75) is 309 Å². The maximum atomic E-state index is 13.0. The van der Waals surface area contributed by atoms with E-state index in [9.17, 15) is 14.4 Å². The van der Waals surface area contributed by atoms with Crippen molar-refractivity contribution < 1.29 is 28.6 Å². The van der Waals surface area contributed by atoms with E-state index in [0.717, 1.165) is 161 Å². The maximum Gasteiger partial charge on any atom is 0.306 e. The molecule has 0 amide bonds. The summed E-state index contributed by atoms with van der Waals surface area (Å²) in [5, 5.41) is 0. The first kappa shape index (κ1) is 78.3. The normalized spacial score (nSPS) is 13.0. The van der Waals surface area contributed by atoms with Crippen molar-refractivity contribution in [3.63, 3.8) is 0 Å². The Bertz CT molecular complexity index is 1800. The molecule has 1 unspecified atom stereocenters. The molecule has 0 aromatic heterocycles. The number of carbonyl (C=O) groups is 3. The van der Waals surface area contributed by atoms with Gasteiger partial charge in [0.15, 0.2) is 6.10 Å². The van der Waals surface area contributed by atoms with E-state index < -0.39 is 6.10 Å². The minimum atomic E-state index is -0.801. The van der Waals surface area contributed by atoms with Gasteiger partial charge in [0.2, 0.25) is 0 Å². The van der Waals surface area contributed by atoms with Crippen LogP contribution in [0.4, 0.5) is 0 Å². The second-order valence-corrected chi connectivity index (χ2v) is 22.3. The highest BCUT2D eigenvalue weighted by Crippen LogP contribution is 2.16.